The summed E-state index contributed by atoms with van der Waals surface area (Å²) in [6.45, 7) is 0. The zero-order valence-electron chi connectivity index (χ0n) is 13.4. The predicted molar refractivity (Wildman–Crippen MR) is 98.5 cm³/mol. The fourth-order valence-electron chi connectivity index (χ4n) is 2.24. The highest BCUT2D eigenvalue weighted by molar-refractivity contribution is 7.18. The van der Waals surface area contributed by atoms with Crippen LogP contribution >= 0.6 is 22.9 Å². The summed E-state index contributed by atoms with van der Waals surface area (Å²) in [4.78, 5) is 36.4. The Labute approximate surface area is 154 Å². The van der Waals surface area contributed by atoms with Gasteiger partial charge >= 0.3 is 0 Å². The molecule has 3 rings (SSSR count). The molecule has 7 heteroatoms. The number of Topliss-reactive ketones (excluding diaryl/α,β-unsaturated/α-hetero) is 1. The molecule has 25 heavy (non-hydrogen) atoms. The first-order chi connectivity index (χ1) is 12.0. The van der Waals surface area contributed by atoms with E-state index in [-0.39, 0.29) is 30.4 Å². The minimum Gasteiger partial charge on any atom is -0.349 e. The maximum absolute atomic E-state index is 12.0. The summed E-state index contributed by atoms with van der Waals surface area (Å²) in [6, 6.07) is 10.3. The van der Waals surface area contributed by atoms with Crippen molar-refractivity contribution in [2.45, 2.75) is 31.7 Å². The van der Waals surface area contributed by atoms with Crippen LogP contribution in [0, 0.1) is 0 Å². The third-order valence-electron chi connectivity index (χ3n) is 3.77. The van der Waals surface area contributed by atoms with Gasteiger partial charge in [-0.2, -0.15) is 0 Å². The number of benzene rings is 1. The van der Waals surface area contributed by atoms with Crippen LogP contribution in [0.3, 0.4) is 0 Å². The Bertz CT molecular complexity index is 797. The molecule has 0 aliphatic heterocycles. The first kappa shape index (κ1) is 17.6. The number of carbonyl (C=O) groups excluding carboxylic acids is 3. The lowest BCUT2D eigenvalue weighted by Gasteiger charge is -2.07. The number of hydrogen-bond donors (Lipinski definition) is 2. The van der Waals surface area contributed by atoms with Crippen molar-refractivity contribution in [3.8, 4) is 0 Å². The van der Waals surface area contributed by atoms with Crippen molar-refractivity contribution in [2.24, 2.45) is 0 Å². The number of ketones is 1. The lowest BCUT2D eigenvalue weighted by atomic mass is 10.1. The monoisotopic (exact) mass is 376 g/mol. The maximum atomic E-state index is 12.0. The Kier molecular flexibility index (Phi) is 5.50. The lowest BCUT2D eigenvalue weighted by Crippen LogP contribution is -2.25. The summed E-state index contributed by atoms with van der Waals surface area (Å²) in [5.74, 6) is -0.439. The van der Waals surface area contributed by atoms with Crippen molar-refractivity contribution >= 4 is 46.2 Å². The third kappa shape index (κ3) is 5.14. The van der Waals surface area contributed by atoms with Crippen LogP contribution in [-0.2, 0) is 4.79 Å². The normalized spacial score (nSPS) is 13.3. The van der Waals surface area contributed by atoms with Crippen molar-refractivity contribution < 1.29 is 14.4 Å². The Morgan fingerprint density at radius 2 is 1.76 bits per heavy atom. The van der Waals surface area contributed by atoms with Crippen LogP contribution in [0.5, 0.6) is 0 Å². The van der Waals surface area contributed by atoms with E-state index in [1.165, 1.54) is 11.3 Å². The molecular formula is C18H17ClN2O3S. The number of thiophene rings is 1. The topological polar surface area (TPSA) is 75.3 Å². The summed E-state index contributed by atoms with van der Waals surface area (Å²) in [5, 5.41) is 5.64. The number of halogens is 1. The summed E-state index contributed by atoms with van der Waals surface area (Å²) in [5.41, 5.74) is 1.16. The van der Waals surface area contributed by atoms with Crippen molar-refractivity contribution in [1.82, 2.24) is 5.32 Å². The fourth-order valence-corrected chi connectivity index (χ4v) is 3.25. The van der Waals surface area contributed by atoms with E-state index in [1.54, 1.807) is 36.4 Å². The number of anilines is 1. The minimum atomic E-state index is -0.244. The van der Waals surface area contributed by atoms with Gasteiger partial charge in [0.2, 0.25) is 5.91 Å². The van der Waals surface area contributed by atoms with Crippen LogP contribution in [0.25, 0.3) is 0 Å². The number of hydrogen-bond acceptors (Lipinski definition) is 4. The van der Waals surface area contributed by atoms with Crippen molar-refractivity contribution in [3.63, 3.8) is 0 Å². The molecule has 2 aromatic rings. The number of rotatable bonds is 7. The van der Waals surface area contributed by atoms with Gasteiger partial charge in [-0.05, 0) is 49.2 Å². The van der Waals surface area contributed by atoms with Crippen molar-refractivity contribution in [3.05, 3.63) is 51.2 Å². The third-order valence-corrected chi connectivity index (χ3v) is 5.04. The van der Waals surface area contributed by atoms with Crippen molar-refractivity contribution in [1.29, 1.82) is 0 Å². The molecule has 1 aliphatic carbocycles. The average Bonchev–Trinajstić information content (AvgIpc) is 3.30. The van der Waals surface area contributed by atoms with E-state index < -0.39 is 0 Å². The molecule has 0 unspecified atom stereocenters. The molecular weight excluding hydrogens is 360 g/mol. The van der Waals surface area contributed by atoms with E-state index in [0.29, 0.717) is 26.5 Å². The van der Waals surface area contributed by atoms with Crippen LogP contribution in [0.1, 0.15) is 45.7 Å². The van der Waals surface area contributed by atoms with Crippen molar-refractivity contribution in [2.75, 3.05) is 5.32 Å². The number of carbonyl (C=O) groups is 3. The van der Waals surface area contributed by atoms with Crippen LogP contribution < -0.4 is 10.6 Å². The van der Waals surface area contributed by atoms with Gasteiger partial charge in [-0.3, -0.25) is 14.4 Å². The smallest absolute Gasteiger partial charge is 0.251 e. The standard InChI is InChI=1S/C18H17ClN2O3S/c19-16-9-8-15(25-16)14(22)7-10-17(23)20-12-3-1-11(2-4-12)18(24)21-13-5-6-13/h1-4,8-9,13H,5-7,10H2,(H,20,23)(H,21,24). The average molecular weight is 377 g/mol. The second-order valence-electron chi connectivity index (χ2n) is 5.90. The Morgan fingerprint density at radius 1 is 1.04 bits per heavy atom. The zero-order chi connectivity index (χ0) is 17.8. The molecule has 1 aromatic carbocycles. The maximum Gasteiger partial charge on any atom is 0.251 e. The first-order valence-corrected chi connectivity index (χ1v) is 9.20. The van der Waals surface area contributed by atoms with E-state index >= 15 is 0 Å². The molecule has 1 aliphatic rings. The first-order valence-electron chi connectivity index (χ1n) is 8.00. The minimum absolute atomic E-state index is 0.0955. The highest BCUT2D eigenvalue weighted by atomic mass is 35.5. The van der Waals surface area contributed by atoms with E-state index in [1.807, 2.05) is 0 Å². The Hall–Kier alpha value is -2.18. The van der Waals surface area contributed by atoms with Gasteiger partial charge in [-0.15, -0.1) is 11.3 Å². The summed E-state index contributed by atoms with van der Waals surface area (Å²) in [6.07, 6.45) is 2.30. The van der Waals surface area contributed by atoms with E-state index in [0.717, 1.165) is 12.8 Å². The Balaban J connectivity index is 1.47. The number of nitrogens with one attached hydrogen (secondary N) is 2. The molecule has 1 fully saturated rings. The molecule has 0 saturated heterocycles. The highest BCUT2D eigenvalue weighted by Gasteiger charge is 2.23. The zero-order valence-corrected chi connectivity index (χ0v) is 15.0. The quantitative estimate of drug-likeness (QED) is 0.720. The largest absolute Gasteiger partial charge is 0.349 e. The van der Waals surface area contributed by atoms with Gasteiger partial charge < -0.3 is 10.6 Å². The molecule has 2 N–H and O–H groups in total. The molecule has 1 heterocycles. The second kappa shape index (κ2) is 7.80. The molecule has 5 nitrogen and oxygen atoms in total. The van der Waals surface area contributed by atoms with Gasteiger partial charge in [0.05, 0.1) is 9.21 Å². The Morgan fingerprint density at radius 3 is 2.36 bits per heavy atom. The van der Waals surface area contributed by atoms with Gasteiger partial charge in [0.15, 0.2) is 5.78 Å². The van der Waals surface area contributed by atoms with Crippen LogP contribution in [0.15, 0.2) is 36.4 Å². The van der Waals surface area contributed by atoms with Gasteiger partial charge in [0.1, 0.15) is 0 Å². The molecule has 0 spiro atoms. The second-order valence-corrected chi connectivity index (χ2v) is 7.62. The highest BCUT2D eigenvalue weighted by Crippen LogP contribution is 2.23. The van der Waals surface area contributed by atoms with Crippen LogP contribution in [0.2, 0.25) is 4.34 Å². The van der Waals surface area contributed by atoms with E-state index in [2.05, 4.69) is 10.6 Å². The SMILES string of the molecule is O=C(CCC(=O)c1ccc(Cl)s1)Nc1ccc(C(=O)NC2CC2)cc1. The van der Waals surface area contributed by atoms with Crippen LogP contribution in [0.4, 0.5) is 5.69 Å². The summed E-state index contributed by atoms with van der Waals surface area (Å²) in [7, 11) is 0. The molecule has 0 atom stereocenters. The van der Waals surface area contributed by atoms with Gasteiger partial charge in [-0.25, -0.2) is 0 Å². The van der Waals surface area contributed by atoms with Gasteiger partial charge in [-0.1, -0.05) is 11.6 Å². The molecule has 0 bridgehead atoms. The molecule has 2 amide bonds. The fraction of sp³-hybridized carbons (Fsp3) is 0.278. The van der Waals surface area contributed by atoms with E-state index in [9.17, 15) is 14.4 Å². The van der Waals surface area contributed by atoms with Gasteiger partial charge in [0, 0.05) is 30.1 Å². The lowest BCUT2D eigenvalue weighted by molar-refractivity contribution is -0.116. The summed E-state index contributed by atoms with van der Waals surface area (Å²) < 4.78 is 0.554. The predicted octanol–water partition coefficient (Wildman–Crippen LogP) is 3.90. The molecule has 1 aromatic heterocycles. The molecule has 130 valence electrons. The summed E-state index contributed by atoms with van der Waals surface area (Å²) >= 11 is 7.01. The van der Waals surface area contributed by atoms with Gasteiger partial charge in [0.25, 0.3) is 5.91 Å². The molecule has 0 radical (unpaired) electrons. The molecule has 1 saturated carbocycles. The van der Waals surface area contributed by atoms with Crippen LogP contribution in [-0.4, -0.2) is 23.6 Å². The number of amides is 2. The van der Waals surface area contributed by atoms with E-state index in [4.69, 9.17) is 11.6 Å².